The van der Waals surface area contributed by atoms with E-state index in [2.05, 4.69) is 11.9 Å². The standard InChI is InChI=1S/C22H23NO5/c1-14-6-7-15-11-16-12-20(22(2,3)28-19(16)13-18(15)26-14)27-21(24)23-9-8-17-5-4-10-25-17/h5-9,11,13,20H,1,4,10,12H2,2-3H3,(H,23,24)/b9-8+. The highest BCUT2D eigenvalue weighted by atomic mass is 16.6. The van der Waals surface area contributed by atoms with Crippen molar-refractivity contribution in [1.29, 1.82) is 0 Å². The fraction of sp³-hybridized carbons (Fsp3) is 0.318. The van der Waals surface area contributed by atoms with E-state index in [4.69, 9.17) is 18.9 Å². The molecule has 0 saturated heterocycles. The number of hydrogen-bond acceptors (Lipinski definition) is 5. The van der Waals surface area contributed by atoms with Crippen LogP contribution >= 0.6 is 0 Å². The summed E-state index contributed by atoms with van der Waals surface area (Å²) in [5.74, 6) is 2.79. The second-order valence-corrected chi connectivity index (χ2v) is 7.42. The van der Waals surface area contributed by atoms with Crippen LogP contribution < -0.4 is 14.8 Å². The number of fused-ring (bicyclic) bond motifs is 2. The quantitative estimate of drug-likeness (QED) is 0.849. The minimum absolute atomic E-state index is 0.433. The highest BCUT2D eigenvalue weighted by Gasteiger charge is 2.40. The molecule has 1 amide bonds. The average Bonchev–Trinajstić information content (AvgIpc) is 3.14. The highest BCUT2D eigenvalue weighted by molar-refractivity contribution is 5.69. The van der Waals surface area contributed by atoms with E-state index in [-0.39, 0.29) is 0 Å². The molecule has 0 aliphatic carbocycles. The molecule has 28 heavy (non-hydrogen) atoms. The predicted molar refractivity (Wildman–Crippen MR) is 105 cm³/mol. The van der Waals surface area contributed by atoms with Gasteiger partial charge < -0.3 is 18.9 Å². The molecule has 1 unspecified atom stereocenters. The molecule has 6 heteroatoms. The van der Waals surface area contributed by atoms with E-state index in [1.165, 1.54) is 6.20 Å². The number of hydrogen-bond donors (Lipinski definition) is 1. The average molecular weight is 381 g/mol. The van der Waals surface area contributed by atoms with Crippen molar-refractivity contribution in [2.45, 2.75) is 38.4 Å². The maximum Gasteiger partial charge on any atom is 0.411 e. The number of allylic oxidation sites excluding steroid dienone is 2. The maximum absolute atomic E-state index is 12.2. The first-order chi connectivity index (χ1) is 13.4. The van der Waals surface area contributed by atoms with Gasteiger partial charge in [0.25, 0.3) is 0 Å². The lowest BCUT2D eigenvalue weighted by Crippen LogP contribution is -2.49. The minimum atomic E-state index is -0.680. The van der Waals surface area contributed by atoms with Crippen molar-refractivity contribution < 1.29 is 23.7 Å². The van der Waals surface area contributed by atoms with Crippen LogP contribution in [0.5, 0.6) is 11.5 Å². The van der Waals surface area contributed by atoms with E-state index in [9.17, 15) is 4.79 Å². The van der Waals surface area contributed by atoms with E-state index < -0.39 is 17.8 Å². The summed E-state index contributed by atoms with van der Waals surface area (Å²) in [5, 5.41) is 2.61. The summed E-state index contributed by atoms with van der Waals surface area (Å²) < 4.78 is 22.8. The molecule has 0 bridgehead atoms. The van der Waals surface area contributed by atoms with E-state index in [0.29, 0.717) is 24.5 Å². The fourth-order valence-electron chi connectivity index (χ4n) is 3.34. The highest BCUT2D eigenvalue weighted by Crippen LogP contribution is 2.40. The zero-order valence-corrected chi connectivity index (χ0v) is 16.0. The summed E-state index contributed by atoms with van der Waals surface area (Å²) in [7, 11) is 0. The predicted octanol–water partition coefficient (Wildman–Crippen LogP) is 4.23. The zero-order valence-electron chi connectivity index (χ0n) is 16.0. The van der Waals surface area contributed by atoms with Crippen LogP contribution in [0.2, 0.25) is 0 Å². The fourth-order valence-corrected chi connectivity index (χ4v) is 3.34. The van der Waals surface area contributed by atoms with Crippen molar-refractivity contribution in [2.24, 2.45) is 0 Å². The molecule has 0 aromatic heterocycles. The summed E-state index contributed by atoms with van der Waals surface area (Å²) >= 11 is 0. The number of nitrogens with one attached hydrogen (secondary N) is 1. The van der Waals surface area contributed by atoms with Crippen molar-refractivity contribution >= 4 is 12.2 Å². The van der Waals surface area contributed by atoms with Crippen molar-refractivity contribution in [1.82, 2.24) is 5.32 Å². The van der Waals surface area contributed by atoms with Crippen LogP contribution in [0.4, 0.5) is 4.79 Å². The number of carbonyl (C=O) groups excluding carboxylic acids is 1. The summed E-state index contributed by atoms with van der Waals surface area (Å²) in [6.07, 6.45) is 9.44. The van der Waals surface area contributed by atoms with Gasteiger partial charge in [-0.2, -0.15) is 0 Å². The summed E-state index contributed by atoms with van der Waals surface area (Å²) in [5.41, 5.74) is 1.24. The van der Waals surface area contributed by atoms with Gasteiger partial charge in [-0.15, -0.1) is 0 Å². The molecule has 3 heterocycles. The SMILES string of the molecule is C=C1C=Cc2cc3c(cc2O1)OC(C)(C)C(OC(=O)N/C=C/C1=CCCO1)C3. The van der Waals surface area contributed by atoms with Gasteiger partial charge in [0, 0.05) is 30.7 Å². The maximum atomic E-state index is 12.2. The normalized spacial score (nSPS) is 21.7. The van der Waals surface area contributed by atoms with Crippen LogP contribution in [-0.2, 0) is 15.9 Å². The third-order valence-corrected chi connectivity index (χ3v) is 4.87. The number of amides is 1. The molecule has 0 saturated carbocycles. The molecular weight excluding hydrogens is 358 g/mol. The Kier molecular flexibility index (Phi) is 4.63. The lowest BCUT2D eigenvalue weighted by atomic mass is 9.89. The Morgan fingerprint density at radius 2 is 2.18 bits per heavy atom. The Morgan fingerprint density at radius 1 is 1.32 bits per heavy atom. The Hall–Kier alpha value is -3.15. The van der Waals surface area contributed by atoms with E-state index in [0.717, 1.165) is 29.1 Å². The molecule has 6 nitrogen and oxygen atoms in total. The van der Waals surface area contributed by atoms with Crippen LogP contribution in [0.15, 0.2) is 54.7 Å². The molecule has 4 rings (SSSR count). The number of ether oxygens (including phenoxy) is 4. The van der Waals surface area contributed by atoms with E-state index in [1.807, 2.05) is 44.2 Å². The van der Waals surface area contributed by atoms with Crippen molar-refractivity contribution in [3.05, 3.63) is 65.8 Å². The summed E-state index contributed by atoms with van der Waals surface area (Å²) in [6.45, 7) is 8.30. The topological polar surface area (TPSA) is 66.0 Å². The van der Waals surface area contributed by atoms with Crippen LogP contribution in [0.1, 0.15) is 31.4 Å². The molecular formula is C22H23NO5. The second kappa shape index (κ2) is 7.11. The van der Waals surface area contributed by atoms with Gasteiger partial charge in [0.1, 0.15) is 34.7 Å². The van der Waals surface area contributed by atoms with Gasteiger partial charge in [0.15, 0.2) is 0 Å². The van der Waals surface area contributed by atoms with Gasteiger partial charge >= 0.3 is 6.09 Å². The Labute approximate surface area is 164 Å². The lowest BCUT2D eigenvalue weighted by Gasteiger charge is -2.39. The molecule has 1 aromatic rings. The molecule has 3 aliphatic heterocycles. The first-order valence-electron chi connectivity index (χ1n) is 9.28. The molecule has 146 valence electrons. The first kappa shape index (κ1) is 18.2. The summed E-state index contributed by atoms with van der Waals surface area (Å²) in [6, 6.07) is 3.87. The molecule has 1 N–H and O–H groups in total. The molecule has 0 fully saturated rings. The van der Waals surface area contributed by atoms with Crippen molar-refractivity contribution in [3.8, 4) is 11.5 Å². The number of rotatable bonds is 3. The smallest absolute Gasteiger partial charge is 0.411 e. The monoisotopic (exact) mass is 381 g/mol. The minimum Gasteiger partial charge on any atom is -0.494 e. The Balaban J connectivity index is 1.45. The third-order valence-electron chi connectivity index (χ3n) is 4.87. The van der Waals surface area contributed by atoms with Crippen molar-refractivity contribution in [2.75, 3.05) is 6.61 Å². The van der Waals surface area contributed by atoms with Crippen molar-refractivity contribution in [3.63, 3.8) is 0 Å². The first-order valence-corrected chi connectivity index (χ1v) is 9.28. The largest absolute Gasteiger partial charge is 0.494 e. The molecule has 0 radical (unpaired) electrons. The Morgan fingerprint density at radius 3 is 2.96 bits per heavy atom. The van der Waals surface area contributed by atoms with E-state index in [1.54, 1.807) is 6.08 Å². The van der Waals surface area contributed by atoms with Gasteiger partial charge in [-0.25, -0.2) is 4.79 Å². The Bertz CT molecular complexity index is 910. The lowest BCUT2D eigenvalue weighted by molar-refractivity contribution is -0.0488. The third kappa shape index (κ3) is 3.76. The summed E-state index contributed by atoms with van der Waals surface area (Å²) in [4.78, 5) is 12.2. The second-order valence-electron chi connectivity index (χ2n) is 7.42. The molecule has 0 spiro atoms. The number of alkyl carbamates (subject to hydrolysis) is 1. The zero-order chi connectivity index (χ0) is 19.7. The van der Waals surface area contributed by atoms with Crippen LogP contribution in [0.3, 0.4) is 0 Å². The molecule has 1 aromatic carbocycles. The number of carbonyl (C=O) groups is 1. The van der Waals surface area contributed by atoms with Crippen LogP contribution in [0, 0.1) is 0 Å². The van der Waals surface area contributed by atoms with Crippen LogP contribution in [-0.4, -0.2) is 24.4 Å². The molecule has 3 aliphatic rings. The number of benzene rings is 1. The van der Waals surface area contributed by atoms with Gasteiger partial charge in [0.2, 0.25) is 0 Å². The van der Waals surface area contributed by atoms with Gasteiger partial charge in [-0.1, -0.05) is 6.58 Å². The van der Waals surface area contributed by atoms with Gasteiger partial charge in [-0.05, 0) is 49.8 Å². The molecule has 1 atom stereocenters. The van der Waals surface area contributed by atoms with Gasteiger partial charge in [-0.3, -0.25) is 5.32 Å². The van der Waals surface area contributed by atoms with Crippen LogP contribution in [0.25, 0.3) is 6.08 Å². The van der Waals surface area contributed by atoms with Gasteiger partial charge in [0.05, 0.1) is 6.61 Å². The van der Waals surface area contributed by atoms with E-state index >= 15 is 0 Å².